The fraction of sp³-hybridized carbons (Fsp3) is 0.333. The zero-order valence-corrected chi connectivity index (χ0v) is 12.7. The molecule has 0 bridgehead atoms. The molecular weight excluding hydrogens is 268 g/mol. The van der Waals surface area contributed by atoms with Gasteiger partial charge in [0.25, 0.3) is 0 Å². The van der Waals surface area contributed by atoms with Crippen molar-refractivity contribution in [1.82, 2.24) is 9.97 Å². The van der Waals surface area contributed by atoms with E-state index in [1.165, 1.54) is 0 Å². The van der Waals surface area contributed by atoms with Crippen LogP contribution in [0.3, 0.4) is 0 Å². The van der Waals surface area contributed by atoms with Gasteiger partial charge in [0, 0.05) is 22.9 Å². The summed E-state index contributed by atoms with van der Waals surface area (Å²) in [5, 5.41) is 0. The van der Waals surface area contributed by atoms with Crippen molar-refractivity contribution >= 4 is 5.82 Å². The van der Waals surface area contributed by atoms with Crippen LogP contribution in [0.2, 0.25) is 0 Å². The first-order valence-electron chi connectivity index (χ1n) is 6.70. The zero-order valence-electron chi connectivity index (χ0n) is 12.7. The Morgan fingerprint density at radius 3 is 2.19 bits per heavy atom. The van der Waals surface area contributed by atoms with E-state index in [-0.39, 0.29) is 0 Å². The molecule has 0 saturated heterocycles. The number of hydrogen-bond acceptors (Lipinski definition) is 6. The van der Waals surface area contributed by atoms with Gasteiger partial charge in [-0.1, -0.05) is 6.92 Å². The Kier molecular flexibility index (Phi) is 4.59. The fourth-order valence-corrected chi connectivity index (χ4v) is 2.11. The summed E-state index contributed by atoms with van der Waals surface area (Å²) in [5.41, 5.74) is 5.35. The van der Waals surface area contributed by atoms with Crippen LogP contribution in [-0.2, 0) is 6.42 Å². The van der Waals surface area contributed by atoms with Gasteiger partial charge in [-0.25, -0.2) is 15.8 Å². The standard InChI is InChI=1S/C15H20N4O2/c1-5-13-9(2)14(19-16)18-15(17-13)10-6-11(20-3)8-12(7-10)21-4/h6-8H,5,16H2,1-4H3,(H,17,18,19). The maximum absolute atomic E-state index is 5.54. The summed E-state index contributed by atoms with van der Waals surface area (Å²) in [6, 6.07) is 5.54. The largest absolute Gasteiger partial charge is 0.497 e. The highest BCUT2D eigenvalue weighted by Gasteiger charge is 2.12. The topological polar surface area (TPSA) is 82.3 Å². The predicted octanol–water partition coefficient (Wildman–Crippen LogP) is 2.32. The molecule has 0 aliphatic heterocycles. The molecule has 0 radical (unpaired) electrons. The Bertz CT molecular complexity index is 596. The Morgan fingerprint density at radius 1 is 1.10 bits per heavy atom. The van der Waals surface area contributed by atoms with Crippen LogP contribution in [0.4, 0.5) is 5.82 Å². The number of ether oxygens (including phenoxy) is 2. The van der Waals surface area contributed by atoms with Gasteiger partial charge < -0.3 is 14.9 Å². The summed E-state index contributed by atoms with van der Waals surface area (Å²) in [7, 11) is 3.22. The first-order chi connectivity index (χ1) is 10.1. The molecule has 6 heteroatoms. The van der Waals surface area contributed by atoms with Crippen LogP contribution in [0.15, 0.2) is 18.2 Å². The Morgan fingerprint density at radius 2 is 1.71 bits per heavy atom. The van der Waals surface area contributed by atoms with E-state index < -0.39 is 0 Å². The van der Waals surface area contributed by atoms with Crippen LogP contribution < -0.4 is 20.7 Å². The van der Waals surface area contributed by atoms with E-state index in [9.17, 15) is 0 Å². The molecule has 1 heterocycles. The molecule has 112 valence electrons. The monoisotopic (exact) mass is 288 g/mol. The van der Waals surface area contributed by atoms with E-state index in [4.69, 9.17) is 15.3 Å². The second-order valence-electron chi connectivity index (χ2n) is 4.57. The Labute approximate surface area is 124 Å². The van der Waals surface area contributed by atoms with Gasteiger partial charge >= 0.3 is 0 Å². The van der Waals surface area contributed by atoms with Crippen molar-refractivity contribution in [1.29, 1.82) is 0 Å². The third kappa shape index (κ3) is 3.05. The number of nitrogens with two attached hydrogens (primary N) is 1. The number of anilines is 1. The van der Waals surface area contributed by atoms with Crippen LogP contribution in [0.1, 0.15) is 18.2 Å². The SMILES string of the molecule is CCc1nc(-c2cc(OC)cc(OC)c2)nc(NN)c1C. The predicted molar refractivity (Wildman–Crippen MR) is 82.5 cm³/mol. The van der Waals surface area contributed by atoms with Gasteiger partial charge in [-0.05, 0) is 25.5 Å². The smallest absolute Gasteiger partial charge is 0.162 e. The molecule has 0 unspecified atom stereocenters. The molecule has 1 aromatic heterocycles. The number of aryl methyl sites for hydroxylation is 1. The minimum Gasteiger partial charge on any atom is -0.497 e. The first kappa shape index (κ1) is 15.1. The highest BCUT2D eigenvalue weighted by atomic mass is 16.5. The van der Waals surface area contributed by atoms with Crippen molar-refractivity contribution in [2.45, 2.75) is 20.3 Å². The quantitative estimate of drug-likeness (QED) is 0.649. The van der Waals surface area contributed by atoms with Crippen LogP contribution in [0.25, 0.3) is 11.4 Å². The molecule has 0 fully saturated rings. The number of methoxy groups -OCH3 is 2. The first-order valence-corrected chi connectivity index (χ1v) is 6.70. The number of hydrogen-bond donors (Lipinski definition) is 2. The average molecular weight is 288 g/mol. The maximum atomic E-state index is 5.54. The second-order valence-corrected chi connectivity index (χ2v) is 4.57. The van der Waals surface area contributed by atoms with Gasteiger partial charge in [0.05, 0.1) is 14.2 Å². The lowest BCUT2D eigenvalue weighted by Crippen LogP contribution is -2.13. The van der Waals surface area contributed by atoms with Crippen LogP contribution >= 0.6 is 0 Å². The molecule has 0 spiro atoms. The third-order valence-electron chi connectivity index (χ3n) is 3.33. The van der Waals surface area contributed by atoms with Crippen LogP contribution in [0, 0.1) is 6.92 Å². The van der Waals surface area contributed by atoms with Crippen LogP contribution in [-0.4, -0.2) is 24.2 Å². The molecule has 0 atom stereocenters. The van der Waals surface area contributed by atoms with Gasteiger partial charge in [-0.15, -0.1) is 0 Å². The second kappa shape index (κ2) is 6.41. The molecule has 0 aliphatic rings. The lowest BCUT2D eigenvalue weighted by atomic mass is 10.1. The third-order valence-corrected chi connectivity index (χ3v) is 3.33. The zero-order chi connectivity index (χ0) is 15.4. The van der Waals surface area contributed by atoms with E-state index in [1.54, 1.807) is 20.3 Å². The molecule has 6 nitrogen and oxygen atoms in total. The summed E-state index contributed by atoms with van der Waals surface area (Å²) in [4.78, 5) is 9.06. The number of aromatic nitrogens is 2. The number of nitrogens with zero attached hydrogens (tertiary/aromatic N) is 2. The van der Waals surface area contributed by atoms with Crippen molar-refractivity contribution in [3.63, 3.8) is 0 Å². The van der Waals surface area contributed by atoms with E-state index in [0.717, 1.165) is 23.2 Å². The molecule has 3 N–H and O–H groups in total. The van der Waals surface area contributed by atoms with Gasteiger partial charge in [0.2, 0.25) is 0 Å². The normalized spacial score (nSPS) is 10.3. The number of hydrazine groups is 1. The van der Waals surface area contributed by atoms with E-state index in [2.05, 4.69) is 15.4 Å². The molecule has 0 amide bonds. The van der Waals surface area contributed by atoms with Crippen molar-refractivity contribution in [2.75, 3.05) is 19.6 Å². The van der Waals surface area contributed by atoms with Gasteiger partial charge in [0.15, 0.2) is 5.82 Å². The summed E-state index contributed by atoms with van der Waals surface area (Å²) in [5.74, 6) is 8.13. The van der Waals surface area contributed by atoms with Crippen molar-refractivity contribution in [3.05, 3.63) is 29.5 Å². The number of benzene rings is 1. The van der Waals surface area contributed by atoms with E-state index in [0.29, 0.717) is 23.1 Å². The summed E-state index contributed by atoms with van der Waals surface area (Å²) in [6.07, 6.45) is 0.803. The molecule has 1 aromatic carbocycles. The van der Waals surface area contributed by atoms with E-state index in [1.807, 2.05) is 26.0 Å². The lowest BCUT2D eigenvalue weighted by Gasteiger charge is -2.12. The molecule has 0 aliphatic carbocycles. The van der Waals surface area contributed by atoms with Gasteiger partial charge in [-0.3, -0.25) is 0 Å². The highest BCUT2D eigenvalue weighted by molar-refractivity contribution is 5.63. The number of rotatable bonds is 5. The molecule has 0 saturated carbocycles. The minimum atomic E-state index is 0.586. The number of nitrogens with one attached hydrogen (secondary N) is 1. The van der Waals surface area contributed by atoms with Crippen LogP contribution in [0.5, 0.6) is 11.5 Å². The summed E-state index contributed by atoms with van der Waals surface area (Å²) < 4.78 is 10.6. The molecule has 2 rings (SSSR count). The van der Waals surface area contributed by atoms with E-state index >= 15 is 0 Å². The average Bonchev–Trinajstić information content (AvgIpc) is 2.54. The van der Waals surface area contributed by atoms with Crippen molar-refractivity contribution < 1.29 is 9.47 Å². The molecule has 2 aromatic rings. The molecular formula is C15H20N4O2. The minimum absolute atomic E-state index is 0.586. The maximum Gasteiger partial charge on any atom is 0.162 e. The van der Waals surface area contributed by atoms with Gasteiger partial charge in [-0.2, -0.15) is 0 Å². The highest BCUT2D eigenvalue weighted by Crippen LogP contribution is 2.29. The summed E-state index contributed by atoms with van der Waals surface area (Å²) >= 11 is 0. The lowest BCUT2D eigenvalue weighted by molar-refractivity contribution is 0.394. The fourth-order valence-electron chi connectivity index (χ4n) is 2.11. The summed E-state index contributed by atoms with van der Waals surface area (Å²) in [6.45, 7) is 4.00. The number of nitrogen functional groups attached to an aromatic ring is 1. The Balaban J connectivity index is 2.60. The van der Waals surface area contributed by atoms with Gasteiger partial charge in [0.1, 0.15) is 17.3 Å². The Hall–Kier alpha value is -2.34. The molecule has 21 heavy (non-hydrogen) atoms. The van der Waals surface area contributed by atoms with Crippen molar-refractivity contribution in [3.8, 4) is 22.9 Å². The van der Waals surface area contributed by atoms with Crippen molar-refractivity contribution in [2.24, 2.45) is 5.84 Å².